The van der Waals surface area contributed by atoms with Crippen LogP contribution in [0, 0.1) is 32.0 Å². The van der Waals surface area contributed by atoms with E-state index in [4.69, 9.17) is 15.9 Å². The fraction of sp³-hybridized carbons (Fsp3) is 0.235. The molecular formula is C17H19FN2O. The Bertz CT molecular complexity index is 695. The first kappa shape index (κ1) is 15.0. The van der Waals surface area contributed by atoms with Crippen LogP contribution in [-0.2, 0) is 6.61 Å². The minimum atomic E-state index is -0.411. The predicted molar refractivity (Wildman–Crippen MR) is 82.4 cm³/mol. The number of hydrogen-bond donors (Lipinski definition) is 2. The molecule has 0 amide bonds. The van der Waals surface area contributed by atoms with Gasteiger partial charge in [-0.15, -0.1) is 0 Å². The molecule has 0 aliphatic carbocycles. The van der Waals surface area contributed by atoms with Crippen LogP contribution in [0.3, 0.4) is 0 Å². The predicted octanol–water partition coefficient (Wildman–Crippen LogP) is 3.61. The van der Waals surface area contributed by atoms with E-state index in [0.29, 0.717) is 11.1 Å². The van der Waals surface area contributed by atoms with Gasteiger partial charge in [0.25, 0.3) is 0 Å². The number of ether oxygens (including phenoxy) is 1. The second-order valence-corrected chi connectivity index (χ2v) is 5.16. The van der Waals surface area contributed by atoms with Gasteiger partial charge >= 0.3 is 0 Å². The zero-order chi connectivity index (χ0) is 15.6. The summed E-state index contributed by atoms with van der Waals surface area (Å²) in [6.45, 7) is 6.13. The van der Waals surface area contributed by atoms with E-state index in [1.165, 1.54) is 6.07 Å². The maximum absolute atomic E-state index is 14.0. The van der Waals surface area contributed by atoms with Crippen molar-refractivity contribution in [2.24, 2.45) is 5.73 Å². The average molecular weight is 286 g/mol. The van der Waals surface area contributed by atoms with Crippen molar-refractivity contribution < 1.29 is 9.13 Å². The summed E-state index contributed by atoms with van der Waals surface area (Å²) >= 11 is 0. The van der Waals surface area contributed by atoms with Gasteiger partial charge in [-0.2, -0.15) is 0 Å². The summed E-state index contributed by atoms with van der Waals surface area (Å²) in [6.07, 6.45) is 0. The molecule has 0 heterocycles. The van der Waals surface area contributed by atoms with Crippen LogP contribution in [0.2, 0.25) is 0 Å². The third-order valence-corrected chi connectivity index (χ3v) is 3.61. The van der Waals surface area contributed by atoms with Gasteiger partial charge in [-0.25, -0.2) is 4.39 Å². The van der Waals surface area contributed by atoms with Crippen molar-refractivity contribution in [3.05, 3.63) is 64.0 Å². The lowest BCUT2D eigenvalue weighted by molar-refractivity contribution is 0.295. The van der Waals surface area contributed by atoms with Crippen molar-refractivity contribution in [3.63, 3.8) is 0 Å². The molecule has 0 radical (unpaired) electrons. The van der Waals surface area contributed by atoms with E-state index in [0.717, 1.165) is 22.4 Å². The molecule has 3 N–H and O–H groups in total. The smallest absolute Gasteiger partial charge is 0.130 e. The minimum absolute atomic E-state index is 0.147. The fourth-order valence-corrected chi connectivity index (χ4v) is 2.13. The zero-order valence-electron chi connectivity index (χ0n) is 12.5. The summed E-state index contributed by atoms with van der Waals surface area (Å²) in [6, 6.07) is 8.52. The van der Waals surface area contributed by atoms with Gasteiger partial charge in [-0.1, -0.05) is 24.3 Å². The number of aryl methyl sites for hydroxylation is 2. The quantitative estimate of drug-likeness (QED) is 0.666. The summed E-state index contributed by atoms with van der Waals surface area (Å²) in [4.78, 5) is 0. The number of rotatable bonds is 4. The standard InChI is InChI=1S/C17H19FN2O/c1-10-4-5-11(2)16(12(10)3)21-9-14-7-6-13(17(19)20)8-15(14)18/h4-8H,9H2,1-3H3,(H3,19,20). The van der Waals surface area contributed by atoms with Crippen molar-refractivity contribution in [3.8, 4) is 5.75 Å². The van der Waals surface area contributed by atoms with Crippen molar-refractivity contribution in [2.75, 3.05) is 0 Å². The van der Waals surface area contributed by atoms with Gasteiger partial charge < -0.3 is 10.5 Å². The van der Waals surface area contributed by atoms with Gasteiger partial charge in [0, 0.05) is 11.1 Å². The lowest BCUT2D eigenvalue weighted by atomic mass is 10.1. The van der Waals surface area contributed by atoms with Crippen LogP contribution in [0.4, 0.5) is 4.39 Å². The van der Waals surface area contributed by atoms with Crippen LogP contribution in [0.5, 0.6) is 5.75 Å². The number of nitrogens with two attached hydrogens (primary N) is 1. The molecule has 0 spiro atoms. The van der Waals surface area contributed by atoms with Crippen LogP contribution in [0.15, 0.2) is 30.3 Å². The highest BCUT2D eigenvalue weighted by Crippen LogP contribution is 2.27. The van der Waals surface area contributed by atoms with Crippen LogP contribution >= 0.6 is 0 Å². The van der Waals surface area contributed by atoms with E-state index in [9.17, 15) is 4.39 Å². The monoisotopic (exact) mass is 286 g/mol. The largest absolute Gasteiger partial charge is 0.488 e. The lowest BCUT2D eigenvalue weighted by Gasteiger charge is -2.14. The molecule has 0 aromatic heterocycles. The molecule has 0 aliphatic rings. The number of benzene rings is 2. The van der Waals surface area contributed by atoms with Crippen LogP contribution < -0.4 is 10.5 Å². The molecule has 21 heavy (non-hydrogen) atoms. The van der Waals surface area contributed by atoms with Gasteiger partial charge in [0.05, 0.1) is 0 Å². The van der Waals surface area contributed by atoms with Gasteiger partial charge in [0.1, 0.15) is 24.0 Å². The highest BCUT2D eigenvalue weighted by atomic mass is 19.1. The zero-order valence-corrected chi connectivity index (χ0v) is 12.5. The molecule has 2 rings (SSSR count). The number of amidine groups is 1. The second kappa shape index (κ2) is 5.95. The number of nitrogen functional groups attached to an aromatic ring is 1. The molecule has 0 unspecified atom stereocenters. The third kappa shape index (κ3) is 3.21. The molecular weight excluding hydrogens is 267 g/mol. The first-order valence-corrected chi connectivity index (χ1v) is 6.72. The maximum Gasteiger partial charge on any atom is 0.130 e. The Balaban J connectivity index is 2.21. The Morgan fingerprint density at radius 2 is 1.81 bits per heavy atom. The van der Waals surface area contributed by atoms with Crippen molar-refractivity contribution in [2.45, 2.75) is 27.4 Å². The van der Waals surface area contributed by atoms with E-state index in [2.05, 4.69) is 0 Å². The van der Waals surface area contributed by atoms with Crippen molar-refractivity contribution in [1.82, 2.24) is 0 Å². The summed E-state index contributed by atoms with van der Waals surface area (Å²) in [5, 5.41) is 7.30. The summed E-state index contributed by atoms with van der Waals surface area (Å²) < 4.78 is 19.8. The topological polar surface area (TPSA) is 59.1 Å². The molecule has 0 atom stereocenters. The fourth-order valence-electron chi connectivity index (χ4n) is 2.13. The molecule has 2 aromatic carbocycles. The van der Waals surface area contributed by atoms with E-state index >= 15 is 0 Å². The highest BCUT2D eigenvalue weighted by molar-refractivity contribution is 5.94. The van der Waals surface area contributed by atoms with Gasteiger partial charge in [0.15, 0.2) is 0 Å². The number of hydrogen-bond acceptors (Lipinski definition) is 2. The van der Waals surface area contributed by atoms with Gasteiger partial charge in [-0.05, 0) is 43.5 Å². The molecule has 2 aromatic rings. The van der Waals surface area contributed by atoms with E-state index in [-0.39, 0.29) is 12.4 Å². The summed E-state index contributed by atoms with van der Waals surface area (Å²) in [5.41, 5.74) is 9.39. The molecule has 110 valence electrons. The molecule has 3 nitrogen and oxygen atoms in total. The van der Waals surface area contributed by atoms with Crippen LogP contribution in [0.1, 0.15) is 27.8 Å². The van der Waals surface area contributed by atoms with Crippen molar-refractivity contribution >= 4 is 5.84 Å². The molecule has 0 saturated carbocycles. The highest BCUT2D eigenvalue weighted by Gasteiger charge is 2.10. The second-order valence-electron chi connectivity index (χ2n) is 5.16. The van der Waals surface area contributed by atoms with Crippen molar-refractivity contribution in [1.29, 1.82) is 5.41 Å². The van der Waals surface area contributed by atoms with E-state index in [1.54, 1.807) is 12.1 Å². The van der Waals surface area contributed by atoms with E-state index < -0.39 is 5.82 Å². The Morgan fingerprint density at radius 3 is 2.43 bits per heavy atom. The SMILES string of the molecule is Cc1ccc(C)c(OCc2ccc(C(=N)N)cc2F)c1C. The normalized spacial score (nSPS) is 10.5. The first-order chi connectivity index (χ1) is 9.90. The Labute approximate surface area is 124 Å². The minimum Gasteiger partial charge on any atom is -0.488 e. The molecule has 0 aliphatic heterocycles. The van der Waals surface area contributed by atoms with Gasteiger partial charge in [-0.3, -0.25) is 5.41 Å². The molecule has 0 fully saturated rings. The van der Waals surface area contributed by atoms with Gasteiger partial charge in [0.2, 0.25) is 0 Å². The summed E-state index contributed by atoms with van der Waals surface area (Å²) in [7, 11) is 0. The molecule has 0 saturated heterocycles. The number of halogens is 1. The van der Waals surface area contributed by atoms with E-state index in [1.807, 2.05) is 32.9 Å². The Kier molecular flexibility index (Phi) is 4.26. The molecule has 4 heteroatoms. The third-order valence-electron chi connectivity index (χ3n) is 3.61. The van der Waals surface area contributed by atoms with Crippen LogP contribution in [-0.4, -0.2) is 5.84 Å². The lowest BCUT2D eigenvalue weighted by Crippen LogP contribution is -2.12. The Hall–Kier alpha value is -2.36. The molecule has 0 bridgehead atoms. The van der Waals surface area contributed by atoms with Crippen LogP contribution in [0.25, 0.3) is 0 Å². The summed E-state index contributed by atoms with van der Waals surface area (Å²) in [5.74, 6) is 0.238. The number of nitrogens with one attached hydrogen (secondary N) is 1. The first-order valence-electron chi connectivity index (χ1n) is 6.72. The Morgan fingerprint density at radius 1 is 1.14 bits per heavy atom. The maximum atomic E-state index is 14.0. The average Bonchev–Trinajstić information content (AvgIpc) is 2.44.